The largest absolute Gasteiger partial charge is 0.384 e. The average Bonchev–Trinajstić information content (AvgIpc) is 2.49. The number of benzene rings is 1. The second-order valence-corrected chi connectivity index (χ2v) is 6.00. The third kappa shape index (κ3) is 4.00. The Bertz CT molecular complexity index is 782. The molecule has 1 aromatic heterocycles. The SMILES string of the molecule is CONc1cccc(S(=O)(=O)Nc2cccc(N)n2)c1NOC. The first-order valence-electron chi connectivity index (χ1n) is 6.44. The van der Waals surface area contributed by atoms with E-state index in [2.05, 4.69) is 20.7 Å². The van der Waals surface area contributed by atoms with Crippen LogP contribution in [-0.4, -0.2) is 27.6 Å². The molecule has 0 atom stereocenters. The van der Waals surface area contributed by atoms with Gasteiger partial charge in [0.1, 0.15) is 22.2 Å². The fourth-order valence-corrected chi connectivity index (χ4v) is 3.04. The van der Waals surface area contributed by atoms with Crippen LogP contribution in [0, 0.1) is 0 Å². The number of nitrogens with two attached hydrogens (primary N) is 1. The summed E-state index contributed by atoms with van der Waals surface area (Å²) in [5, 5.41) is 0. The van der Waals surface area contributed by atoms with Gasteiger partial charge in [-0.25, -0.2) is 13.4 Å². The van der Waals surface area contributed by atoms with Crippen LogP contribution in [0.3, 0.4) is 0 Å². The van der Waals surface area contributed by atoms with Gasteiger partial charge in [-0.05, 0) is 24.3 Å². The molecule has 9 nitrogen and oxygen atoms in total. The zero-order chi connectivity index (χ0) is 16.9. The molecule has 5 N–H and O–H groups in total. The molecule has 0 saturated carbocycles. The summed E-state index contributed by atoms with van der Waals surface area (Å²) in [5.74, 6) is 0.314. The maximum atomic E-state index is 12.6. The summed E-state index contributed by atoms with van der Waals surface area (Å²) >= 11 is 0. The van der Waals surface area contributed by atoms with Gasteiger partial charge in [0.15, 0.2) is 0 Å². The van der Waals surface area contributed by atoms with Crippen LogP contribution in [-0.2, 0) is 19.7 Å². The summed E-state index contributed by atoms with van der Waals surface area (Å²) < 4.78 is 27.6. The molecule has 0 amide bonds. The van der Waals surface area contributed by atoms with Crippen LogP contribution in [0.1, 0.15) is 0 Å². The van der Waals surface area contributed by atoms with Crippen molar-refractivity contribution in [3.8, 4) is 0 Å². The molecule has 0 unspecified atom stereocenters. The predicted molar refractivity (Wildman–Crippen MR) is 87.2 cm³/mol. The van der Waals surface area contributed by atoms with Crippen LogP contribution >= 0.6 is 0 Å². The van der Waals surface area contributed by atoms with Crippen LogP contribution in [0.25, 0.3) is 0 Å². The van der Waals surface area contributed by atoms with Crippen LogP contribution in [0.4, 0.5) is 23.0 Å². The van der Waals surface area contributed by atoms with E-state index in [0.29, 0.717) is 5.69 Å². The fourth-order valence-electron chi connectivity index (χ4n) is 1.86. The summed E-state index contributed by atoms with van der Waals surface area (Å²) in [5.41, 5.74) is 11.2. The number of pyridine rings is 1. The average molecular weight is 339 g/mol. The Morgan fingerprint density at radius 3 is 2.39 bits per heavy atom. The predicted octanol–water partition coefficient (Wildman–Crippen LogP) is 1.41. The Balaban J connectivity index is 2.44. The number of anilines is 4. The number of hydrogen-bond donors (Lipinski definition) is 4. The lowest BCUT2D eigenvalue weighted by Gasteiger charge is -2.16. The molecular formula is C13H17N5O4S. The van der Waals surface area contributed by atoms with Gasteiger partial charge in [0, 0.05) is 0 Å². The molecule has 1 aromatic carbocycles. The molecule has 124 valence electrons. The lowest BCUT2D eigenvalue weighted by atomic mass is 10.3. The van der Waals surface area contributed by atoms with E-state index in [1.165, 1.54) is 26.4 Å². The van der Waals surface area contributed by atoms with Crippen molar-refractivity contribution in [1.29, 1.82) is 0 Å². The number of hydrogen-bond acceptors (Lipinski definition) is 8. The minimum absolute atomic E-state index is 0.0503. The zero-order valence-electron chi connectivity index (χ0n) is 12.5. The highest BCUT2D eigenvalue weighted by atomic mass is 32.2. The highest BCUT2D eigenvalue weighted by molar-refractivity contribution is 7.92. The lowest BCUT2D eigenvalue weighted by Crippen LogP contribution is -2.17. The number of para-hydroxylation sites is 1. The molecule has 0 spiro atoms. The first kappa shape index (κ1) is 16.8. The van der Waals surface area contributed by atoms with Crippen molar-refractivity contribution in [3.05, 3.63) is 36.4 Å². The maximum Gasteiger partial charge on any atom is 0.265 e. The molecule has 10 heteroatoms. The van der Waals surface area contributed by atoms with Gasteiger partial charge in [0.05, 0.1) is 19.9 Å². The molecule has 2 aromatic rings. The summed E-state index contributed by atoms with van der Waals surface area (Å²) in [6.45, 7) is 0. The molecule has 0 radical (unpaired) electrons. The van der Waals surface area contributed by atoms with Crippen LogP contribution in [0.15, 0.2) is 41.3 Å². The van der Waals surface area contributed by atoms with Gasteiger partial charge in [0.25, 0.3) is 10.0 Å². The third-order valence-corrected chi connectivity index (χ3v) is 4.14. The molecule has 0 aliphatic carbocycles. The minimum Gasteiger partial charge on any atom is -0.384 e. The fraction of sp³-hybridized carbons (Fsp3) is 0.154. The van der Waals surface area contributed by atoms with Crippen LogP contribution in [0.5, 0.6) is 0 Å². The van der Waals surface area contributed by atoms with Crippen LogP contribution in [0.2, 0.25) is 0 Å². The van der Waals surface area contributed by atoms with Crippen molar-refractivity contribution in [2.24, 2.45) is 0 Å². The Morgan fingerprint density at radius 1 is 1.04 bits per heavy atom. The molecule has 1 heterocycles. The van der Waals surface area contributed by atoms with E-state index in [4.69, 9.17) is 15.4 Å². The number of nitrogens with one attached hydrogen (secondary N) is 3. The van der Waals surface area contributed by atoms with Crippen molar-refractivity contribution in [3.63, 3.8) is 0 Å². The number of aromatic nitrogens is 1. The Morgan fingerprint density at radius 2 is 1.74 bits per heavy atom. The summed E-state index contributed by atoms with van der Waals surface area (Å²) in [7, 11) is -1.15. The van der Waals surface area contributed by atoms with Gasteiger partial charge >= 0.3 is 0 Å². The maximum absolute atomic E-state index is 12.6. The standard InChI is InChI=1S/C13H17N5O4S/c1-21-16-9-5-3-6-10(13(9)17-22-2)23(19,20)18-12-8-4-7-11(14)15-12/h3-8,16-17H,1-2H3,(H3,14,15,18). The molecular weight excluding hydrogens is 322 g/mol. The normalized spacial score (nSPS) is 11.0. The van der Waals surface area contributed by atoms with Gasteiger partial charge in [-0.3, -0.25) is 25.4 Å². The van der Waals surface area contributed by atoms with Gasteiger partial charge in [-0.15, -0.1) is 0 Å². The van der Waals surface area contributed by atoms with Gasteiger partial charge in [-0.2, -0.15) is 0 Å². The Hall–Kier alpha value is -2.56. The monoisotopic (exact) mass is 339 g/mol. The lowest BCUT2D eigenvalue weighted by molar-refractivity contribution is 0.262. The first-order valence-corrected chi connectivity index (χ1v) is 7.92. The molecule has 0 fully saturated rings. The second kappa shape index (κ2) is 7.13. The molecule has 0 saturated heterocycles. The van der Waals surface area contributed by atoms with E-state index in [1.54, 1.807) is 24.3 Å². The van der Waals surface area contributed by atoms with Crippen molar-refractivity contribution in [1.82, 2.24) is 4.98 Å². The van der Waals surface area contributed by atoms with E-state index in [0.717, 1.165) is 0 Å². The van der Waals surface area contributed by atoms with Crippen molar-refractivity contribution >= 4 is 33.0 Å². The van der Waals surface area contributed by atoms with E-state index in [1.807, 2.05) is 0 Å². The molecule has 23 heavy (non-hydrogen) atoms. The second-order valence-electron chi connectivity index (χ2n) is 4.34. The topological polar surface area (TPSA) is 128 Å². The van der Waals surface area contributed by atoms with Crippen molar-refractivity contribution in [2.75, 3.05) is 35.6 Å². The summed E-state index contributed by atoms with van der Waals surface area (Å²) in [6.07, 6.45) is 0. The number of sulfonamides is 1. The zero-order valence-corrected chi connectivity index (χ0v) is 13.3. The van der Waals surface area contributed by atoms with E-state index in [9.17, 15) is 8.42 Å². The van der Waals surface area contributed by atoms with Gasteiger partial charge < -0.3 is 5.73 Å². The van der Waals surface area contributed by atoms with Gasteiger partial charge in [-0.1, -0.05) is 12.1 Å². The van der Waals surface area contributed by atoms with E-state index < -0.39 is 10.0 Å². The summed E-state index contributed by atoms with van der Waals surface area (Å²) in [6, 6.07) is 9.24. The van der Waals surface area contributed by atoms with E-state index >= 15 is 0 Å². The number of nitrogens with zero attached hydrogens (tertiary/aromatic N) is 1. The highest BCUT2D eigenvalue weighted by Gasteiger charge is 2.22. The molecule has 0 bridgehead atoms. The summed E-state index contributed by atoms with van der Waals surface area (Å²) in [4.78, 5) is 13.5. The molecule has 0 aliphatic heterocycles. The first-order chi connectivity index (χ1) is 11.0. The van der Waals surface area contributed by atoms with Crippen molar-refractivity contribution < 1.29 is 18.1 Å². The Kier molecular flexibility index (Phi) is 5.21. The smallest absolute Gasteiger partial charge is 0.265 e. The van der Waals surface area contributed by atoms with Crippen molar-refractivity contribution in [2.45, 2.75) is 4.90 Å². The third-order valence-electron chi connectivity index (χ3n) is 2.74. The highest BCUT2D eigenvalue weighted by Crippen LogP contribution is 2.31. The number of rotatable bonds is 7. The van der Waals surface area contributed by atoms with E-state index in [-0.39, 0.29) is 22.2 Å². The number of nitrogen functional groups attached to an aromatic ring is 1. The van der Waals surface area contributed by atoms with Crippen LogP contribution < -0.4 is 21.4 Å². The quantitative estimate of drug-likeness (QED) is 0.558. The Labute approximate surface area is 133 Å². The molecule has 0 aliphatic rings. The molecule has 2 rings (SSSR count). The minimum atomic E-state index is -3.93. The van der Waals surface area contributed by atoms with Gasteiger partial charge in [0.2, 0.25) is 0 Å².